The van der Waals surface area contributed by atoms with Crippen LogP contribution < -0.4 is 10.1 Å². The van der Waals surface area contributed by atoms with E-state index < -0.39 is 0 Å². The van der Waals surface area contributed by atoms with Crippen molar-refractivity contribution in [1.82, 2.24) is 10.2 Å². The number of rotatable bonds is 6. The van der Waals surface area contributed by atoms with Gasteiger partial charge >= 0.3 is 0 Å². The molecule has 0 unspecified atom stereocenters. The van der Waals surface area contributed by atoms with Crippen LogP contribution in [-0.2, 0) is 6.54 Å². The zero-order valence-electron chi connectivity index (χ0n) is 12.6. The molecular weight excluding hydrogens is 243 g/mol. The third-order valence-electron chi connectivity index (χ3n) is 2.82. The Bertz CT molecular complexity index is 402. The average molecular weight is 268 g/mol. The summed E-state index contributed by atoms with van der Waals surface area (Å²) >= 11 is 0. The molecule has 0 atom stereocenters. The first-order valence-electron chi connectivity index (χ1n) is 6.58. The molecule has 0 heterocycles. The monoisotopic (exact) mass is 268 g/mol. The molecule has 0 aliphatic heterocycles. The maximum absolute atomic E-state index is 13.3. The second kappa shape index (κ2) is 6.87. The fourth-order valence-electron chi connectivity index (χ4n) is 1.82. The van der Waals surface area contributed by atoms with Gasteiger partial charge in [0, 0.05) is 25.2 Å². The van der Waals surface area contributed by atoms with E-state index in [0.29, 0.717) is 5.75 Å². The molecule has 1 aromatic rings. The molecular formula is C15H25FN2O. The molecule has 0 radical (unpaired) electrons. The number of halogens is 1. The van der Waals surface area contributed by atoms with Gasteiger partial charge in [0.25, 0.3) is 0 Å². The van der Waals surface area contributed by atoms with Gasteiger partial charge in [0.1, 0.15) is 0 Å². The molecule has 108 valence electrons. The van der Waals surface area contributed by atoms with Gasteiger partial charge in [-0.05, 0) is 45.5 Å². The Morgan fingerprint density at radius 1 is 1.32 bits per heavy atom. The summed E-state index contributed by atoms with van der Waals surface area (Å²) in [5.74, 6) is -0.0120. The van der Waals surface area contributed by atoms with Gasteiger partial charge < -0.3 is 15.0 Å². The van der Waals surface area contributed by atoms with Crippen LogP contribution in [0.5, 0.6) is 5.75 Å². The van der Waals surface area contributed by atoms with Gasteiger partial charge in [0.2, 0.25) is 0 Å². The van der Waals surface area contributed by atoms with Crippen LogP contribution in [0.3, 0.4) is 0 Å². The molecule has 0 saturated heterocycles. The maximum atomic E-state index is 13.3. The van der Waals surface area contributed by atoms with E-state index in [1.807, 2.05) is 0 Å². The van der Waals surface area contributed by atoms with E-state index >= 15 is 0 Å². The zero-order chi connectivity index (χ0) is 14.5. The van der Waals surface area contributed by atoms with Gasteiger partial charge in [0.15, 0.2) is 11.6 Å². The summed E-state index contributed by atoms with van der Waals surface area (Å²) in [6.45, 7) is 9.10. The van der Waals surface area contributed by atoms with E-state index in [9.17, 15) is 4.39 Å². The van der Waals surface area contributed by atoms with Gasteiger partial charge in [-0.25, -0.2) is 4.39 Å². The van der Waals surface area contributed by atoms with Crippen molar-refractivity contribution in [2.24, 2.45) is 0 Å². The van der Waals surface area contributed by atoms with Gasteiger partial charge in [-0.2, -0.15) is 0 Å². The normalized spacial score (nSPS) is 11.9. The minimum atomic E-state index is -0.316. The van der Waals surface area contributed by atoms with Crippen LogP contribution in [0.25, 0.3) is 0 Å². The molecule has 1 rings (SSSR count). The van der Waals surface area contributed by atoms with Crippen LogP contribution in [0, 0.1) is 5.82 Å². The Balaban J connectivity index is 2.46. The molecule has 0 aliphatic carbocycles. The molecule has 0 fully saturated rings. The predicted molar refractivity (Wildman–Crippen MR) is 77.0 cm³/mol. The van der Waals surface area contributed by atoms with Crippen LogP contribution in [0.1, 0.15) is 26.3 Å². The molecule has 0 aromatic heterocycles. The lowest BCUT2D eigenvalue weighted by molar-refractivity contribution is 0.302. The third kappa shape index (κ3) is 6.03. The largest absolute Gasteiger partial charge is 0.494 e. The number of ether oxygens (including phenoxy) is 1. The Kier molecular flexibility index (Phi) is 5.76. The molecule has 3 nitrogen and oxygen atoms in total. The number of nitrogens with one attached hydrogen (secondary N) is 1. The number of methoxy groups -OCH3 is 1. The van der Waals surface area contributed by atoms with Crippen molar-refractivity contribution < 1.29 is 9.13 Å². The van der Waals surface area contributed by atoms with E-state index in [2.05, 4.69) is 38.0 Å². The van der Waals surface area contributed by atoms with Gasteiger partial charge in [-0.1, -0.05) is 6.07 Å². The van der Waals surface area contributed by atoms with Crippen molar-refractivity contribution >= 4 is 0 Å². The molecule has 0 saturated carbocycles. The van der Waals surface area contributed by atoms with E-state index in [1.165, 1.54) is 13.2 Å². The van der Waals surface area contributed by atoms with E-state index in [-0.39, 0.29) is 11.4 Å². The molecule has 4 heteroatoms. The summed E-state index contributed by atoms with van der Waals surface area (Å²) in [4.78, 5) is 2.20. The van der Waals surface area contributed by atoms with Crippen molar-refractivity contribution in [2.45, 2.75) is 32.9 Å². The molecule has 1 N–H and O–H groups in total. The standard InChI is InChI=1S/C15H25FN2O/c1-15(2,3)17-8-9-18(4)11-12-6-7-13(16)14(10-12)19-5/h6-7,10,17H,8-9,11H2,1-5H3. The Morgan fingerprint density at radius 3 is 2.58 bits per heavy atom. The Labute approximate surface area is 115 Å². The minimum absolute atomic E-state index is 0.139. The first-order chi connectivity index (χ1) is 8.81. The lowest BCUT2D eigenvalue weighted by atomic mass is 10.1. The second-order valence-electron chi connectivity index (χ2n) is 5.88. The molecule has 19 heavy (non-hydrogen) atoms. The lowest BCUT2D eigenvalue weighted by Crippen LogP contribution is -2.40. The highest BCUT2D eigenvalue weighted by molar-refractivity contribution is 5.30. The van der Waals surface area contributed by atoms with Crippen LogP contribution in [-0.4, -0.2) is 37.7 Å². The summed E-state index contributed by atoms with van der Waals surface area (Å²) < 4.78 is 18.3. The summed E-state index contributed by atoms with van der Waals surface area (Å²) in [5.41, 5.74) is 1.19. The van der Waals surface area contributed by atoms with Gasteiger partial charge in [-0.3, -0.25) is 0 Å². The van der Waals surface area contributed by atoms with Gasteiger partial charge in [-0.15, -0.1) is 0 Å². The van der Waals surface area contributed by atoms with Crippen molar-refractivity contribution in [2.75, 3.05) is 27.2 Å². The predicted octanol–water partition coefficient (Wildman–Crippen LogP) is 2.65. The van der Waals surface area contributed by atoms with E-state index in [1.54, 1.807) is 12.1 Å². The van der Waals surface area contributed by atoms with Crippen LogP contribution >= 0.6 is 0 Å². The number of nitrogens with zero attached hydrogens (tertiary/aromatic N) is 1. The average Bonchev–Trinajstić information content (AvgIpc) is 2.30. The Hall–Kier alpha value is -1.13. The maximum Gasteiger partial charge on any atom is 0.165 e. The van der Waals surface area contributed by atoms with Crippen LogP contribution in [0.2, 0.25) is 0 Å². The SMILES string of the molecule is COc1cc(CN(C)CCNC(C)(C)C)ccc1F. The summed E-state index contributed by atoms with van der Waals surface area (Å²) in [7, 11) is 3.54. The molecule has 0 amide bonds. The Morgan fingerprint density at radius 2 is 2.00 bits per heavy atom. The fourth-order valence-corrected chi connectivity index (χ4v) is 1.82. The number of likely N-dealkylation sites (N-methyl/N-ethyl adjacent to an activating group) is 1. The third-order valence-corrected chi connectivity index (χ3v) is 2.82. The quantitative estimate of drug-likeness (QED) is 0.858. The highest BCUT2D eigenvalue weighted by Gasteiger charge is 2.09. The van der Waals surface area contributed by atoms with Crippen LogP contribution in [0.15, 0.2) is 18.2 Å². The number of benzene rings is 1. The lowest BCUT2D eigenvalue weighted by Gasteiger charge is -2.23. The first kappa shape index (κ1) is 15.9. The highest BCUT2D eigenvalue weighted by Crippen LogP contribution is 2.18. The summed E-state index contributed by atoms with van der Waals surface area (Å²) in [5, 5.41) is 3.44. The molecule has 0 spiro atoms. The summed E-state index contributed by atoms with van der Waals surface area (Å²) in [6, 6.07) is 5.00. The molecule has 0 aliphatic rings. The highest BCUT2D eigenvalue weighted by atomic mass is 19.1. The first-order valence-corrected chi connectivity index (χ1v) is 6.58. The van der Waals surface area contributed by atoms with Crippen molar-refractivity contribution in [3.8, 4) is 5.75 Å². The molecule has 0 bridgehead atoms. The summed E-state index contributed by atoms with van der Waals surface area (Å²) in [6.07, 6.45) is 0. The minimum Gasteiger partial charge on any atom is -0.494 e. The molecule has 1 aromatic carbocycles. The van der Waals surface area contributed by atoms with Crippen molar-refractivity contribution in [3.05, 3.63) is 29.6 Å². The topological polar surface area (TPSA) is 24.5 Å². The fraction of sp³-hybridized carbons (Fsp3) is 0.600. The number of hydrogen-bond donors (Lipinski definition) is 1. The van der Waals surface area contributed by atoms with Crippen LogP contribution in [0.4, 0.5) is 4.39 Å². The second-order valence-corrected chi connectivity index (χ2v) is 5.88. The van der Waals surface area contributed by atoms with Crippen molar-refractivity contribution in [1.29, 1.82) is 0 Å². The van der Waals surface area contributed by atoms with E-state index in [4.69, 9.17) is 4.74 Å². The zero-order valence-corrected chi connectivity index (χ0v) is 12.6. The van der Waals surface area contributed by atoms with E-state index in [0.717, 1.165) is 25.2 Å². The van der Waals surface area contributed by atoms with Crippen molar-refractivity contribution in [3.63, 3.8) is 0 Å². The number of hydrogen-bond acceptors (Lipinski definition) is 3. The van der Waals surface area contributed by atoms with Gasteiger partial charge in [0.05, 0.1) is 7.11 Å². The smallest absolute Gasteiger partial charge is 0.165 e.